The summed E-state index contributed by atoms with van der Waals surface area (Å²) in [6.07, 6.45) is 1.57. The first-order valence-electron chi connectivity index (χ1n) is 6.72. The second kappa shape index (κ2) is 5.73. The monoisotopic (exact) mass is 329 g/mol. The molecular weight excluding hydrogens is 318 g/mol. The van der Waals surface area contributed by atoms with Gasteiger partial charge in [-0.15, -0.1) is 0 Å². The van der Waals surface area contributed by atoms with Gasteiger partial charge >= 0.3 is 0 Å². The molecule has 0 saturated carbocycles. The van der Waals surface area contributed by atoms with Crippen molar-refractivity contribution >= 4 is 34.2 Å². The van der Waals surface area contributed by atoms with E-state index in [1.807, 2.05) is 0 Å². The number of benzene rings is 1. The van der Waals surface area contributed by atoms with Crippen molar-refractivity contribution < 1.29 is 9.90 Å². The molecule has 1 aromatic carbocycles. The molecule has 116 valence electrons. The molecule has 2 aromatic heterocycles. The van der Waals surface area contributed by atoms with Gasteiger partial charge in [0.1, 0.15) is 17.0 Å². The van der Waals surface area contributed by atoms with Crippen LogP contribution in [0.1, 0.15) is 10.4 Å². The van der Waals surface area contributed by atoms with Crippen LogP contribution in [0.5, 0.6) is 5.75 Å². The number of phenolic OH excluding ortho intramolecular Hbond substituents is 1. The van der Waals surface area contributed by atoms with E-state index in [1.165, 1.54) is 28.8 Å². The zero-order valence-electron chi connectivity index (χ0n) is 12.1. The third-order valence-electron chi connectivity index (χ3n) is 3.42. The van der Waals surface area contributed by atoms with Crippen LogP contribution in [0.15, 0.2) is 47.4 Å². The zero-order valence-corrected chi connectivity index (χ0v) is 12.8. The molecule has 1 amide bonds. The Kier molecular flexibility index (Phi) is 3.75. The van der Waals surface area contributed by atoms with Gasteiger partial charge < -0.3 is 10.4 Å². The van der Waals surface area contributed by atoms with Crippen LogP contribution in [0, 0.1) is 0 Å². The fraction of sp³-hybridized carbons (Fsp3) is 0.0625. The summed E-state index contributed by atoms with van der Waals surface area (Å²) in [4.78, 5) is 28.9. The number of pyridine rings is 2. The van der Waals surface area contributed by atoms with Crippen LogP contribution in [-0.2, 0) is 7.05 Å². The Labute approximate surface area is 136 Å². The van der Waals surface area contributed by atoms with Gasteiger partial charge in [0.2, 0.25) is 0 Å². The van der Waals surface area contributed by atoms with E-state index in [0.717, 1.165) is 0 Å². The van der Waals surface area contributed by atoms with Gasteiger partial charge in [-0.25, -0.2) is 4.98 Å². The van der Waals surface area contributed by atoms with Crippen LogP contribution in [0.25, 0.3) is 11.0 Å². The number of carbonyl (C=O) groups excluding carboxylic acids is 1. The predicted molar refractivity (Wildman–Crippen MR) is 88.1 cm³/mol. The van der Waals surface area contributed by atoms with E-state index in [2.05, 4.69) is 10.3 Å². The topological polar surface area (TPSA) is 84.2 Å². The summed E-state index contributed by atoms with van der Waals surface area (Å²) in [7, 11) is 1.55. The minimum Gasteiger partial charge on any atom is -0.506 e. The third-order valence-corrected chi connectivity index (χ3v) is 3.66. The molecule has 0 aliphatic heterocycles. The number of anilines is 1. The molecule has 0 saturated heterocycles. The maximum Gasteiger partial charge on any atom is 0.264 e. The van der Waals surface area contributed by atoms with Gasteiger partial charge in [0, 0.05) is 23.7 Å². The van der Waals surface area contributed by atoms with Crippen molar-refractivity contribution in [2.45, 2.75) is 0 Å². The van der Waals surface area contributed by atoms with Crippen molar-refractivity contribution in [2.24, 2.45) is 7.05 Å². The molecule has 7 heteroatoms. The Balaban J connectivity index is 2.06. The fourth-order valence-electron chi connectivity index (χ4n) is 2.26. The largest absolute Gasteiger partial charge is 0.506 e. The van der Waals surface area contributed by atoms with E-state index in [9.17, 15) is 14.7 Å². The quantitative estimate of drug-likeness (QED) is 0.708. The van der Waals surface area contributed by atoms with Gasteiger partial charge in [0.25, 0.3) is 11.5 Å². The van der Waals surface area contributed by atoms with Crippen molar-refractivity contribution in [3.05, 3.63) is 63.5 Å². The maximum atomic E-state index is 12.4. The molecule has 0 aliphatic carbocycles. The van der Waals surface area contributed by atoms with Crippen molar-refractivity contribution in [1.29, 1.82) is 0 Å². The average Bonchev–Trinajstić information content (AvgIpc) is 2.54. The number of aromatic nitrogens is 2. The Morgan fingerprint density at radius 3 is 2.87 bits per heavy atom. The molecule has 6 nitrogen and oxygen atoms in total. The molecule has 0 spiro atoms. The molecule has 2 N–H and O–H groups in total. The van der Waals surface area contributed by atoms with E-state index >= 15 is 0 Å². The number of aryl methyl sites for hydroxylation is 1. The van der Waals surface area contributed by atoms with Crippen molar-refractivity contribution in [1.82, 2.24) is 9.55 Å². The van der Waals surface area contributed by atoms with Gasteiger partial charge in [0.15, 0.2) is 0 Å². The van der Waals surface area contributed by atoms with Gasteiger partial charge in [-0.2, -0.15) is 0 Å². The molecule has 0 unspecified atom stereocenters. The lowest BCUT2D eigenvalue weighted by atomic mass is 10.2. The highest BCUT2D eigenvalue weighted by molar-refractivity contribution is 6.31. The number of halogens is 1. The summed E-state index contributed by atoms with van der Waals surface area (Å²) in [5, 5.41) is 13.3. The highest BCUT2D eigenvalue weighted by Gasteiger charge is 2.16. The van der Waals surface area contributed by atoms with E-state index in [0.29, 0.717) is 16.1 Å². The number of nitrogens with one attached hydrogen (secondary N) is 1. The second-order valence-electron chi connectivity index (χ2n) is 4.95. The van der Waals surface area contributed by atoms with E-state index in [4.69, 9.17) is 11.6 Å². The highest BCUT2D eigenvalue weighted by atomic mass is 35.5. The standard InChI is InChI=1S/C16H12ClN3O3/c1-20-14-9(3-2-6-18-14)7-11(16(20)23)15(22)19-12-8-10(17)4-5-13(12)21/h2-8,21H,1H3,(H,19,22). The Morgan fingerprint density at radius 1 is 1.30 bits per heavy atom. The number of hydrogen-bond acceptors (Lipinski definition) is 4. The summed E-state index contributed by atoms with van der Waals surface area (Å²) in [5.74, 6) is -0.768. The number of fused-ring (bicyclic) bond motifs is 1. The number of aromatic hydroxyl groups is 1. The number of carbonyl (C=O) groups is 1. The summed E-state index contributed by atoms with van der Waals surface area (Å²) in [6, 6.07) is 9.21. The van der Waals surface area contributed by atoms with Crippen LogP contribution in [0.4, 0.5) is 5.69 Å². The molecule has 0 bridgehead atoms. The van der Waals surface area contributed by atoms with Gasteiger partial charge in [-0.1, -0.05) is 11.6 Å². The van der Waals surface area contributed by atoms with Crippen molar-refractivity contribution in [2.75, 3.05) is 5.32 Å². The second-order valence-corrected chi connectivity index (χ2v) is 5.39. The summed E-state index contributed by atoms with van der Waals surface area (Å²) in [6.45, 7) is 0. The normalized spacial score (nSPS) is 10.7. The molecular formula is C16H12ClN3O3. The Hall–Kier alpha value is -2.86. The smallest absolute Gasteiger partial charge is 0.264 e. The average molecular weight is 330 g/mol. The highest BCUT2D eigenvalue weighted by Crippen LogP contribution is 2.26. The van der Waals surface area contributed by atoms with Crippen LogP contribution >= 0.6 is 11.6 Å². The number of phenols is 1. The number of hydrogen-bond donors (Lipinski definition) is 2. The lowest BCUT2D eigenvalue weighted by Crippen LogP contribution is -2.28. The van der Waals surface area contributed by atoms with Crippen LogP contribution < -0.4 is 10.9 Å². The van der Waals surface area contributed by atoms with Crippen molar-refractivity contribution in [3.8, 4) is 5.75 Å². The maximum absolute atomic E-state index is 12.4. The van der Waals surface area contributed by atoms with Gasteiger partial charge in [0.05, 0.1) is 5.69 Å². The summed E-state index contributed by atoms with van der Waals surface area (Å²) >= 11 is 5.84. The molecule has 0 radical (unpaired) electrons. The van der Waals surface area contributed by atoms with Crippen LogP contribution in [-0.4, -0.2) is 20.6 Å². The molecule has 0 fully saturated rings. The number of amides is 1. The Bertz CT molecular complexity index is 982. The summed E-state index contributed by atoms with van der Waals surface area (Å²) < 4.78 is 1.31. The van der Waals surface area contributed by atoms with E-state index in [-0.39, 0.29) is 17.0 Å². The molecule has 3 rings (SSSR count). The first-order chi connectivity index (χ1) is 11.0. The third kappa shape index (κ3) is 2.76. The fourth-order valence-corrected chi connectivity index (χ4v) is 2.43. The molecule has 2 heterocycles. The van der Waals surface area contributed by atoms with E-state index < -0.39 is 11.5 Å². The van der Waals surface area contributed by atoms with Gasteiger partial charge in [-0.3, -0.25) is 14.2 Å². The molecule has 3 aromatic rings. The predicted octanol–water partition coefficient (Wildman–Crippen LogP) is 2.54. The first-order valence-corrected chi connectivity index (χ1v) is 7.10. The number of rotatable bonds is 2. The zero-order chi connectivity index (χ0) is 16.6. The van der Waals surface area contributed by atoms with Crippen LogP contribution in [0.2, 0.25) is 5.02 Å². The van der Waals surface area contributed by atoms with Crippen molar-refractivity contribution in [3.63, 3.8) is 0 Å². The molecule has 0 aliphatic rings. The number of nitrogens with zero attached hydrogens (tertiary/aromatic N) is 2. The van der Waals surface area contributed by atoms with Crippen LogP contribution in [0.3, 0.4) is 0 Å². The first kappa shape index (κ1) is 15.1. The lowest BCUT2D eigenvalue weighted by Gasteiger charge is -2.10. The molecule has 0 atom stereocenters. The van der Waals surface area contributed by atoms with Gasteiger partial charge in [-0.05, 0) is 36.4 Å². The lowest BCUT2D eigenvalue weighted by molar-refractivity contribution is 0.102. The summed E-state index contributed by atoms with van der Waals surface area (Å²) in [5.41, 5.74) is 0.0954. The SMILES string of the molecule is Cn1c(=O)c(C(=O)Nc2cc(Cl)ccc2O)cc2cccnc21. The van der Waals surface area contributed by atoms with E-state index in [1.54, 1.807) is 25.4 Å². The minimum atomic E-state index is -0.631. The minimum absolute atomic E-state index is 0.0487. The molecule has 23 heavy (non-hydrogen) atoms. The Morgan fingerprint density at radius 2 is 2.09 bits per heavy atom.